The number of ether oxygens (including phenoxy) is 2. The zero-order valence-electron chi connectivity index (χ0n) is 16.9. The van der Waals surface area contributed by atoms with Crippen molar-refractivity contribution in [3.8, 4) is 17.2 Å². The second-order valence-corrected chi connectivity index (χ2v) is 7.12. The molecule has 0 spiro atoms. The van der Waals surface area contributed by atoms with E-state index in [-0.39, 0.29) is 17.1 Å². The first-order valence-corrected chi connectivity index (χ1v) is 10.2. The fraction of sp³-hybridized carbons (Fsp3) is 0.167. The minimum atomic E-state index is -0.286. The summed E-state index contributed by atoms with van der Waals surface area (Å²) in [5, 5.41) is 5.90. The Balaban J connectivity index is 1.51. The monoisotopic (exact) mass is 420 g/mol. The normalized spacial score (nSPS) is 11.3. The highest BCUT2D eigenvalue weighted by Gasteiger charge is 2.09. The van der Waals surface area contributed by atoms with Crippen LogP contribution >= 0.6 is 12.2 Å². The molecule has 30 heavy (non-hydrogen) atoms. The smallest absolute Gasteiger partial charge is 0.257 e. The van der Waals surface area contributed by atoms with Crippen LogP contribution in [0.3, 0.4) is 0 Å². The molecular weight excluding hydrogens is 396 g/mol. The largest absolute Gasteiger partial charge is 0.491 e. The molecule has 1 atom stereocenters. The summed E-state index contributed by atoms with van der Waals surface area (Å²) in [6, 6.07) is 23.9. The zero-order chi connectivity index (χ0) is 21.3. The molecule has 0 aromatic heterocycles. The minimum absolute atomic E-state index is 0.130. The van der Waals surface area contributed by atoms with Crippen LogP contribution in [0.1, 0.15) is 30.6 Å². The van der Waals surface area contributed by atoms with Crippen LogP contribution in [0.15, 0.2) is 78.9 Å². The van der Waals surface area contributed by atoms with Gasteiger partial charge in [0.25, 0.3) is 5.91 Å². The van der Waals surface area contributed by atoms with Gasteiger partial charge in [-0.2, -0.15) is 0 Å². The first-order valence-electron chi connectivity index (χ1n) is 9.75. The third-order valence-corrected chi connectivity index (χ3v) is 4.55. The summed E-state index contributed by atoms with van der Waals surface area (Å²) in [5.41, 5.74) is 1.25. The highest BCUT2D eigenvalue weighted by Crippen LogP contribution is 2.22. The standard InChI is InChI=1S/C24H24N2O3S/c1-3-17(2)28-21-13-9-18(10-14-21)23(27)26-24(30)25-19-11-15-22(16-12-19)29-20-7-5-4-6-8-20/h4-17H,3H2,1-2H3,(H2,25,26,27,30). The number of hydrogen-bond donors (Lipinski definition) is 2. The fourth-order valence-electron chi connectivity index (χ4n) is 2.57. The Kier molecular flexibility index (Phi) is 7.40. The molecule has 0 radical (unpaired) electrons. The molecule has 0 fully saturated rings. The first-order chi connectivity index (χ1) is 14.5. The summed E-state index contributed by atoms with van der Waals surface area (Å²) in [7, 11) is 0. The van der Waals surface area contributed by atoms with Crippen molar-refractivity contribution in [1.82, 2.24) is 5.32 Å². The third kappa shape index (κ3) is 6.32. The van der Waals surface area contributed by atoms with Crippen LogP contribution in [0.4, 0.5) is 5.69 Å². The predicted octanol–water partition coefficient (Wildman–Crippen LogP) is 5.78. The van der Waals surface area contributed by atoms with E-state index < -0.39 is 0 Å². The molecule has 0 saturated heterocycles. The van der Waals surface area contributed by atoms with Gasteiger partial charge in [-0.05, 0) is 86.2 Å². The van der Waals surface area contributed by atoms with E-state index in [4.69, 9.17) is 21.7 Å². The number of rotatable bonds is 7. The number of para-hydroxylation sites is 1. The summed E-state index contributed by atoms with van der Waals surface area (Å²) >= 11 is 5.25. The molecule has 1 amide bonds. The Morgan fingerprint density at radius 3 is 2.13 bits per heavy atom. The number of nitrogens with one attached hydrogen (secondary N) is 2. The van der Waals surface area contributed by atoms with Crippen molar-refractivity contribution >= 4 is 28.9 Å². The van der Waals surface area contributed by atoms with Crippen LogP contribution in [0, 0.1) is 0 Å². The van der Waals surface area contributed by atoms with Gasteiger partial charge < -0.3 is 14.8 Å². The number of carbonyl (C=O) groups excluding carboxylic acids is 1. The number of hydrogen-bond acceptors (Lipinski definition) is 4. The van der Waals surface area contributed by atoms with Crippen LogP contribution in [-0.2, 0) is 0 Å². The summed E-state index contributed by atoms with van der Waals surface area (Å²) in [5.74, 6) is 1.93. The van der Waals surface area contributed by atoms with Crippen LogP contribution < -0.4 is 20.1 Å². The Morgan fingerprint density at radius 1 is 0.900 bits per heavy atom. The van der Waals surface area contributed by atoms with E-state index in [0.717, 1.165) is 23.6 Å². The van der Waals surface area contributed by atoms with E-state index >= 15 is 0 Å². The van der Waals surface area contributed by atoms with E-state index in [0.29, 0.717) is 11.3 Å². The molecule has 6 heteroatoms. The molecule has 0 saturated carbocycles. The Bertz CT molecular complexity index is 974. The molecule has 3 aromatic carbocycles. The van der Waals surface area contributed by atoms with E-state index in [1.807, 2.05) is 61.5 Å². The maximum absolute atomic E-state index is 12.4. The lowest BCUT2D eigenvalue weighted by molar-refractivity contribution is 0.0977. The Hall–Kier alpha value is -3.38. The second kappa shape index (κ2) is 10.4. The van der Waals surface area contributed by atoms with Gasteiger partial charge in [-0.3, -0.25) is 10.1 Å². The lowest BCUT2D eigenvalue weighted by Crippen LogP contribution is -2.34. The highest BCUT2D eigenvalue weighted by atomic mass is 32.1. The van der Waals surface area contributed by atoms with Crippen molar-refractivity contribution in [1.29, 1.82) is 0 Å². The quantitative estimate of drug-likeness (QED) is 0.474. The maximum Gasteiger partial charge on any atom is 0.257 e. The van der Waals surface area contributed by atoms with Gasteiger partial charge in [0.2, 0.25) is 0 Å². The zero-order valence-corrected chi connectivity index (χ0v) is 17.7. The number of thiocarbonyl (C=S) groups is 1. The van der Waals surface area contributed by atoms with E-state index in [1.54, 1.807) is 24.3 Å². The summed E-state index contributed by atoms with van der Waals surface area (Å²) in [4.78, 5) is 12.4. The molecule has 3 rings (SSSR count). The van der Waals surface area contributed by atoms with Gasteiger partial charge in [-0.1, -0.05) is 25.1 Å². The van der Waals surface area contributed by atoms with Gasteiger partial charge in [0, 0.05) is 11.3 Å². The van der Waals surface area contributed by atoms with Crippen LogP contribution in [0.5, 0.6) is 17.2 Å². The average Bonchev–Trinajstić information content (AvgIpc) is 2.76. The Labute approximate surface area is 182 Å². The fourth-order valence-corrected chi connectivity index (χ4v) is 2.78. The molecule has 0 aliphatic heterocycles. The molecule has 5 nitrogen and oxygen atoms in total. The number of benzene rings is 3. The SMILES string of the molecule is CCC(C)Oc1ccc(C(=O)NC(=S)Nc2ccc(Oc3ccccc3)cc2)cc1. The lowest BCUT2D eigenvalue weighted by atomic mass is 10.2. The molecule has 0 aliphatic rings. The van der Waals surface area contributed by atoms with Crippen LogP contribution in [0.25, 0.3) is 0 Å². The number of anilines is 1. The van der Waals surface area contributed by atoms with Crippen molar-refractivity contribution in [2.24, 2.45) is 0 Å². The molecule has 0 bridgehead atoms. The second-order valence-electron chi connectivity index (χ2n) is 6.71. The van der Waals surface area contributed by atoms with Crippen molar-refractivity contribution in [2.75, 3.05) is 5.32 Å². The minimum Gasteiger partial charge on any atom is -0.491 e. The molecule has 154 valence electrons. The predicted molar refractivity (Wildman–Crippen MR) is 123 cm³/mol. The van der Waals surface area contributed by atoms with Crippen molar-refractivity contribution < 1.29 is 14.3 Å². The van der Waals surface area contributed by atoms with E-state index in [2.05, 4.69) is 17.6 Å². The summed E-state index contributed by atoms with van der Waals surface area (Å²) in [6.07, 6.45) is 1.05. The van der Waals surface area contributed by atoms with Crippen LogP contribution in [0.2, 0.25) is 0 Å². The van der Waals surface area contributed by atoms with Gasteiger partial charge >= 0.3 is 0 Å². The Morgan fingerprint density at radius 2 is 1.50 bits per heavy atom. The maximum atomic E-state index is 12.4. The van der Waals surface area contributed by atoms with Crippen molar-refractivity contribution in [3.63, 3.8) is 0 Å². The molecule has 0 aliphatic carbocycles. The van der Waals surface area contributed by atoms with Gasteiger partial charge in [-0.15, -0.1) is 0 Å². The number of carbonyl (C=O) groups is 1. The molecule has 1 unspecified atom stereocenters. The lowest BCUT2D eigenvalue weighted by Gasteiger charge is -2.13. The van der Waals surface area contributed by atoms with Gasteiger partial charge in [-0.25, -0.2) is 0 Å². The van der Waals surface area contributed by atoms with Gasteiger partial charge in [0.15, 0.2) is 5.11 Å². The van der Waals surface area contributed by atoms with E-state index in [9.17, 15) is 4.79 Å². The third-order valence-electron chi connectivity index (χ3n) is 4.35. The van der Waals surface area contributed by atoms with Crippen molar-refractivity contribution in [3.05, 3.63) is 84.4 Å². The van der Waals surface area contributed by atoms with E-state index in [1.165, 1.54) is 0 Å². The summed E-state index contributed by atoms with van der Waals surface area (Å²) < 4.78 is 11.5. The molecular formula is C24H24N2O3S. The first kappa shape index (κ1) is 21.3. The number of amides is 1. The topological polar surface area (TPSA) is 59.6 Å². The molecule has 0 heterocycles. The van der Waals surface area contributed by atoms with Crippen molar-refractivity contribution in [2.45, 2.75) is 26.4 Å². The highest BCUT2D eigenvalue weighted by molar-refractivity contribution is 7.80. The van der Waals surface area contributed by atoms with Gasteiger partial charge in [0.05, 0.1) is 6.10 Å². The summed E-state index contributed by atoms with van der Waals surface area (Å²) in [6.45, 7) is 4.06. The van der Waals surface area contributed by atoms with Crippen LogP contribution in [-0.4, -0.2) is 17.1 Å². The average molecular weight is 421 g/mol. The molecule has 2 N–H and O–H groups in total. The van der Waals surface area contributed by atoms with Gasteiger partial charge in [0.1, 0.15) is 17.2 Å². The molecule has 3 aromatic rings.